The predicted octanol–water partition coefficient (Wildman–Crippen LogP) is 3.86. The molecule has 0 aliphatic heterocycles. The first-order valence-electron chi connectivity index (χ1n) is 11.1. The molecule has 0 aliphatic carbocycles. The van der Waals surface area contributed by atoms with Crippen molar-refractivity contribution >= 4 is 5.69 Å². The summed E-state index contributed by atoms with van der Waals surface area (Å²) in [6.45, 7) is 9.45. The first-order valence-corrected chi connectivity index (χ1v) is 11.1. The van der Waals surface area contributed by atoms with Crippen LogP contribution in [0.25, 0.3) is 17.1 Å². The maximum atomic E-state index is 10.2. The maximum Gasteiger partial charge on any atom is 0.336 e. The molecule has 0 bridgehead atoms. The van der Waals surface area contributed by atoms with Crippen molar-refractivity contribution in [2.45, 2.75) is 39.4 Å². The number of aliphatic hydroxyl groups is 1. The van der Waals surface area contributed by atoms with E-state index >= 15 is 0 Å². The lowest BCUT2D eigenvalue weighted by molar-refractivity contribution is -0.0449. The highest BCUT2D eigenvalue weighted by molar-refractivity contribution is 5.63. The van der Waals surface area contributed by atoms with E-state index in [1.54, 1.807) is 11.8 Å². The molecule has 3 aromatic rings. The van der Waals surface area contributed by atoms with Crippen LogP contribution in [0, 0.1) is 6.92 Å². The summed E-state index contributed by atoms with van der Waals surface area (Å²) in [6, 6.07) is 16.1. The number of nitrogens with zero attached hydrogens (tertiary/aromatic N) is 3. The number of aryl methyl sites for hydroxylation is 1. The highest BCUT2D eigenvalue weighted by Gasteiger charge is 2.17. The third-order valence-electron chi connectivity index (χ3n) is 4.85. The molecule has 1 heterocycles. The van der Waals surface area contributed by atoms with E-state index in [-0.39, 0.29) is 12.2 Å². The van der Waals surface area contributed by atoms with Gasteiger partial charge in [0.1, 0.15) is 6.61 Å². The van der Waals surface area contributed by atoms with Crippen molar-refractivity contribution in [3.8, 4) is 23.1 Å². The second kappa shape index (κ2) is 11.3. The van der Waals surface area contributed by atoms with Crippen LogP contribution in [0.4, 0.5) is 5.69 Å². The third kappa shape index (κ3) is 7.28. The van der Waals surface area contributed by atoms with E-state index in [0.717, 1.165) is 22.5 Å². The molecule has 8 nitrogen and oxygen atoms in total. The molecular formula is C25H34N4O4. The van der Waals surface area contributed by atoms with E-state index < -0.39 is 6.10 Å². The SMILES string of the molecule is COCCOc1nc(-c2ccccc2C)n(-c2ccc(NCC(O)COC(C)(C)C)cc2)n1. The minimum atomic E-state index is -0.598. The van der Waals surface area contributed by atoms with E-state index in [1.165, 1.54) is 0 Å². The number of ether oxygens (including phenoxy) is 3. The fourth-order valence-electron chi connectivity index (χ4n) is 3.11. The number of benzene rings is 2. The minimum absolute atomic E-state index is 0.276. The van der Waals surface area contributed by atoms with E-state index in [1.807, 2.05) is 76.2 Å². The molecule has 0 spiro atoms. The Morgan fingerprint density at radius 1 is 1.06 bits per heavy atom. The molecule has 0 saturated heterocycles. The molecule has 2 aromatic carbocycles. The zero-order valence-electron chi connectivity index (χ0n) is 20.0. The number of hydrogen-bond donors (Lipinski definition) is 2. The van der Waals surface area contributed by atoms with Crippen molar-refractivity contribution in [3.05, 3.63) is 54.1 Å². The van der Waals surface area contributed by atoms with Crippen molar-refractivity contribution < 1.29 is 19.3 Å². The third-order valence-corrected chi connectivity index (χ3v) is 4.85. The molecule has 0 fully saturated rings. The molecule has 8 heteroatoms. The minimum Gasteiger partial charge on any atom is -0.460 e. The van der Waals surface area contributed by atoms with E-state index in [0.29, 0.717) is 31.6 Å². The second-order valence-corrected chi connectivity index (χ2v) is 8.79. The van der Waals surface area contributed by atoms with E-state index in [4.69, 9.17) is 14.2 Å². The molecule has 0 aliphatic rings. The average molecular weight is 455 g/mol. The molecule has 1 atom stereocenters. The molecule has 2 N–H and O–H groups in total. The summed E-state index contributed by atoms with van der Waals surface area (Å²) in [6.07, 6.45) is -0.598. The Labute approximate surface area is 195 Å². The van der Waals surface area contributed by atoms with E-state index in [2.05, 4.69) is 15.4 Å². The van der Waals surface area contributed by atoms with Crippen molar-refractivity contribution in [1.82, 2.24) is 14.8 Å². The van der Waals surface area contributed by atoms with Crippen molar-refractivity contribution in [3.63, 3.8) is 0 Å². The van der Waals surface area contributed by atoms with Crippen LogP contribution in [-0.2, 0) is 9.47 Å². The fraction of sp³-hybridized carbons (Fsp3) is 0.440. The Morgan fingerprint density at radius 2 is 1.79 bits per heavy atom. The number of aromatic nitrogens is 3. The lowest BCUT2D eigenvalue weighted by Crippen LogP contribution is -2.30. The van der Waals surface area contributed by atoms with Gasteiger partial charge >= 0.3 is 6.01 Å². The van der Waals surface area contributed by atoms with Gasteiger partial charge in [-0.15, -0.1) is 5.10 Å². The summed E-state index contributed by atoms with van der Waals surface area (Å²) in [7, 11) is 1.63. The standard InChI is InChI=1S/C25H34N4O4/c1-18-8-6-7-9-22(18)23-27-24(32-15-14-31-5)28-29(23)20-12-10-19(11-13-20)26-16-21(30)17-33-25(2,3)4/h6-13,21,26,30H,14-17H2,1-5H3. The van der Waals surface area contributed by atoms with Gasteiger partial charge in [-0.2, -0.15) is 4.98 Å². The van der Waals surface area contributed by atoms with Crippen LogP contribution in [0.5, 0.6) is 6.01 Å². The highest BCUT2D eigenvalue weighted by Crippen LogP contribution is 2.26. The summed E-state index contributed by atoms with van der Waals surface area (Å²) >= 11 is 0. The van der Waals surface area contributed by atoms with Gasteiger partial charge in [0.25, 0.3) is 0 Å². The lowest BCUT2D eigenvalue weighted by atomic mass is 10.1. The van der Waals surface area contributed by atoms with Crippen LogP contribution in [-0.4, -0.2) is 65.1 Å². The Balaban J connectivity index is 1.75. The topological polar surface area (TPSA) is 90.7 Å². The van der Waals surface area contributed by atoms with E-state index in [9.17, 15) is 5.11 Å². The summed E-state index contributed by atoms with van der Waals surface area (Å²) in [5.41, 5.74) is 3.55. The number of hydrogen-bond acceptors (Lipinski definition) is 7. The fourth-order valence-corrected chi connectivity index (χ4v) is 3.11. The normalized spacial score (nSPS) is 12.5. The summed E-state index contributed by atoms with van der Waals surface area (Å²) in [4.78, 5) is 4.62. The number of aliphatic hydroxyl groups excluding tert-OH is 1. The average Bonchev–Trinajstić information content (AvgIpc) is 3.20. The number of nitrogens with one attached hydrogen (secondary N) is 1. The molecule has 33 heavy (non-hydrogen) atoms. The number of anilines is 1. The number of methoxy groups -OCH3 is 1. The molecule has 1 aromatic heterocycles. The van der Waals surface area contributed by atoms with Gasteiger partial charge in [0.15, 0.2) is 5.82 Å². The van der Waals surface area contributed by atoms with Crippen LogP contribution in [0.3, 0.4) is 0 Å². The Kier molecular flexibility index (Phi) is 8.43. The van der Waals surface area contributed by atoms with Crippen molar-refractivity contribution in [1.29, 1.82) is 0 Å². The predicted molar refractivity (Wildman–Crippen MR) is 129 cm³/mol. The van der Waals surface area contributed by atoms with Crippen LogP contribution in [0.15, 0.2) is 48.5 Å². The molecule has 1 unspecified atom stereocenters. The van der Waals surface area contributed by atoms with Gasteiger partial charge in [0.2, 0.25) is 0 Å². The first kappa shape index (κ1) is 24.7. The molecule has 178 valence electrons. The summed E-state index contributed by atoms with van der Waals surface area (Å²) in [5.74, 6) is 0.705. The molecule has 3 rings (SSSR count). The van der Waals surface area contributed by atoms with Gasteiger partial charge in [-0.1, -0.05) is 24.3 Å². The largest absolute Gasteiger partial charge is 0.460 e. The summed E-state index contributed by atoms with van der Waals surface area (Å²) < 4.78 is 18.1. The zero-order chi connectivity index (χ0) is 23.8. The van der Waals surface area contributed by atoms with Gasteiger partial charge in [0, 0.05) is 24.9 Å². The zero-order valence-corrected chi connectivity index (χ0v) is 20.0. The van der Waals surface area contributed by atoms with Crippen LogP contribution in [0.2, 0.25) is 0 Å². The first-order chi connectivity index (χ1) is 15.8. The van der Waals surface area contributed by atoms with Crippen LogP contribution < -0.4 is 10.1 Å². The van der Waals surface area contributed by atoms with Gasteiger partial charge in [0.05, 0.1) is 30.6 Å². The molecular weight excluding hydrogens is 420 g/mol. The highest BCUT2D eigenvalue weighted by atomic mass is 16.5. The number of rotatable bonds is 11. The van der Waals surface area contributed by atoms with Crippen molar-refractivity contribution in [2.75, 3.05) is 38.8 Å². The maximum absolute atomic E-state index is 10.2. The monoisotopic (exact) mass is 454 g/mol. The Hall–Kier alpha value is -2.94. The van der Waals surface area contributed by atoms with Gasteiger partial charge < -0.3 is 24.6 Å². The Bertz CT molecular complexity index is 1010. The molecule has 0 saturated carbocycles. The van der Waals surface area contributed by atoms with Gasteiger partial charge in [-0.3, -0.25) is 0 Å². The second-order valence-electron chi connectivity index (χ2n) is 8.79. The quantitative estimate of drug-likeness (QED) is 0.425. The van der Waals surface area contributed by atoms with Crippen LogP contribution >= 0.6 is 0 Å². The van der Waals surface area contributed by atoms with Crippen LogP contribution in [0.1, 0.15) is 26.3 Å². The molecule has 0 amide bonds. The Morgan fingerprint density at radius 3 is 2.45 bits per heavy atom. The van der Waals surface area contributed by atoms with Gasteiger partial charge in [-0.25, -0.2) is 4.68 Å². The lowest BCUT2D eigenvalue weighted by Gasteiger charge is -2.22. The van der Waals surface area contributed by atoms with Gasteiger partial charge in [-0.05, 0) is 57.5 Å². The summed E-state index contributed by atoms with van der Waals surface area (Å²) in [5, 5.41) is 18.0. The smallest absolute Gasteiger partial charge is 0.336 e. The molecule has 0 radical (unpaired) electrons. The van der Waals surface area contributed by atoms with Crippen molar-refractivity contribution in [2.24, 2.45) is 0 Å².